The summed E-state index contributed by atoms with van der Waals surface area (Å²) in [5.41, 5.74) is 5.27. The van der Waals surface area contributed by atoms with E-state index in [1.54, 1.807) is 12.2 Å². The molecule has 41 heavy (non-hydrogen) atoms. The van der Waals surface area contributed by atoms with Crippen molar-refractivity contribution in [2.45, 2.75) is 63.6 Å². The lowest BCUT2D eigenvalue weighted by molar-refractivity contribution is -0.128. The number of carbonyl (C=O) groups excluding carboxylic acids is 1. The second kappa shape index (κ2) is 11.7. The van der Waals surface area contributed by atoms with Crippen LogP contribution >= 0.6 is 0 Å². The minimum atomic E-state index is -0.158. The highest BCUT2D eigenvalue weighted by molar-refractivity contribution is 5.88. The van der Waals surface area contributed by atoms with Gasteiger partial charge >= 0.3 is 0 Å². The minimum Gasteiger partial charge on any atom is -0.368 e. The zero-order chi connectivity index (χ0) is 28.5. The Hall–Kier alpha value is -3.64. The van der Waals surface area contributed by atoms with Gasteiger partial charge in [-0.15, -0.1) is 0 Å². The number of rotatable bonds is 6. The molecule has 0 radical (unpaired) electrons. The minimum absolute atomic E-state index is 0.0160. The van der Waals surface area contributed by atoms with E-state index in [2.05, 4.69) is 64.0 Å². The lowest BCUT2D eigenvalue weighted by atomic mass is 9.88. The molecule has 3 aliphatic heterocycles. The summed E-state index contributed by atoms with van der Waals surface area (Å²) in [5.74, 6) is 1.82. The van der Waals surface area contributed by atoms with Gasteiger partial charge in [-0.1, -0.05) is 24.3 Å². The summed E-state index contributed by atoms with van der Waals surface area (Å²) >= 11 is 0. The van der Waals surface area contributed by atoms with Crippen molar-refractivity contribution in [3.63, 3.8) is 0 Å². The number of carbonyl (C=O) groups is 1. The molecule has 4 heterocycles. The first-order valence-corrected chi connectivity index (χ1v) is 15.2. The maximum Gasteiger partial charge on any atom is 0.246 e. The number of nitrogens with zero attached hydrogens (tertiary/aromatic N) is 8. The van der Waals surface area contributed by atoms with E-state index in [1.807, 2.05) is 11.8 Å². The molecule has 2 aromatic rings. The molecule has 0 spiro atoms. The number of nitriles is 1. The number of aromatic nitrogens is 2. The molecule has 2 saturated heterocycles. The van der Waals surface area contributed by atoms with Crippen LogP contribution in [-0.4, -0.2) is 97.2 Å². The van der Waals surface area contributed by atoms with Crippen LogP contribution in [0.2, 0.25) is 0 Å². The van der Waals surface area contributed by atoms with E-state index in [9.17, 15) is 10.1 Å². The molecule has 1 unspecified atom stereocenters. The molecule has 4 aliphatic rings. The molecule has 1 amide bonds. The first-order valence-electron chi connectivity index (χ1n) is 15.2. The number of fused-ring (bicyclic) bond motifs is 2. The summed E-state index contributed by atoms with van der Waals surface area (Å²) in [4.78, 5) is 34.6. The van der Waals surface area contributed by atoms with E-state index in [4.69, 9.17) is 9.97 Å². The van der Waals surface area contributed by atoms with Crippen LogP contribution in [0.5, 0.6) is 0 Å². The summed E-state index contributed by atoms with van der Waals surface area (Å²) in [6, 6.07) is 12.0. The van der Waals surface area contributed by atoms with E-state index in [0.717, 1.165) is 57.1 Å². The predicted molar refractivity (Wildman–Crippen MR) is 162 cm³/mol. The highest BCUT2D eigenvalue weighted by Gasteiger charge is 2.37. The van der Waals surface area contributed by atoms with E-state index >= 15 is 0 Å². The number of allylic oxidation sites excluding steroid dienone is 1. The standard InChI is InChI=1S/C32H42N8O/c1-4-8-30(41)40-18-17-37(20-25(40)14-15-33)31-27-13-12-24(39-16-7-10-23-9-5-6-11-29(23)39)19-28(27)34-32(35-31)38-21-26(22-38)36(2)3/h4-6,8-9,11,24-26H,7,10,12-14,16-22H2,1-3H3/b8-4+/t24?,25-/m0/s1. The van der Waals surface area contributed by atoms with Crippen LogP contribution in [-0.2, 0) is 24.1 Å². The molecule has 1 aliphatic carbocycles. The van der Waals surface area contributed by atoms with Gasteiger partial charge in [0.1, 0.15) is 5.82 Å². The van der Waals surface area contributed by atoms with Gasteiger partial charge in [-0.3, -0.25) is 4.79 Å². The Balaban J connectivity index is 1.31. The summed E-state index contributed by atoms with van der Waals surface area (Å²) in [6.45, 7) is 6.71. The Morgan fingerprint density at radius 1 is 1.10 bits per heavy atom. The van der Waals surface area contributed by atoms with Crippen molar-refractivity contribution in [1.29, 1.82) is 5.26 Å². The van der Waals surface area contributed by atoms with Crippen molar-refractivity contribution < 1.29 is 4.79 Å². The van der Waals surface area contributed by atoms with Gasteiger partial charge in [-0.25, -0.2) is 4.98 Å². The summed E-state index contributed by atoms with van der Waals surface area (Å²) < 4.78 is 0. The molecular formula is C32H42N8O. The van der Waals surface area contributed by atoms with Gasteiger partial charge in [0.15, 0.2) is 0 Å². The number of piperazine rings is 1. The number of para-hydroxylation sites is 1. The Kier molecular flexibility index (Phi) is 7.85. The molecule has 1 aromatic heterocycles. The van der Waals surface area contributed by atoms with Crippen molar-refractivity contribution in [3.05, 3.63) is 53.2 Å². The van der Waals surface area contributed by atoms with Crippen LogP contribution in [0.25, 0.3) is 0 Å². The highest BCUT2D eigenvalue weighted by Crippen LogP contribution is 2.37. The maximum atomic E-state index is 12.8. The zero-order valence-corrected chi connectivity index (χ0v) is 24.7. The number of benzene rings is 1. The molecule has 2 fully saturated rings. The number of likely N-dealkylation sites (N-methyl/N-ethyl adjacent to an activating group) is 1. The van der Waals surface area contributed by atoms with Crippen LogP contribution in [0.15, 0.2) is 36.4 Å². The molecule has 1 aromatic carbocycles. The monoisotopic (exact) mass is 554 g/mol. The van der Waals surface area contributed by atoms with E-state index in [0.29, 0.717) is 38.1 Å². The Labute approximate surface area is 244 Å². The van der Waals surface area contributed by atoms with Crippen molar-refractivity contribution in [1.82, 2.24) is 19.8 Å². The summed E-state index contributed by atoms with van der Waals surface area (Å²) in [6.07, 6.45) is 8.97. The van der Waals surface area contributed by atoms with Crippen molar-refractivity contribution >= 4 is 23.4 Å². The molecular weight excluding hydrogens is 512 g/mol. The van der Waals surface area contributed by atoms with Gasteiger partial charge in [0.05, 0.1) is 24.2 Å². The first kappa shape index (κ1) is 27.5. The molecule has 6 rings (SSSR count). The molecule has 0 bridgehead atoms. The van der Waals surface area contributed by atoms with Crippen LogP contribution < -0.4 is 14.7 Å². The third kappa shape index (κ3) is 5.38. The SMILES string of the molecule is C/C=C/C(=O)N1CCN(c2nc(N3CC(N(C)C)C3)nc3c2CCC(N2CCCc4ccccc42)C3)C[C@@H]1CC#N. The molecule has 0 saturated carbocycles. The van der Waals surface area contributed by atoms with Crippen molar-refractivity contribution in [2.75, 3.05) is 68.1 Å². The predicted octanol–water partition coefficient (Wildman–Crippen LogP) is 3.04. The number of aryl methyl sites for hydroxylation is 1. The highest BCUT2D eigenvalue weighted by atomic mass is 16.2. The van der Waals surface area contributed by atoms with Gasteiger partial charge in [0, 0.05) is 69.0 Å². The Morgan fingerprint density at radius 2 is 1.93 bits per heavy atom. The normalized spacial score (nSPS) is 22.9. The molecule has 9 heteroatoms. The summed E-state index contributed by atoms with van der Waals surface area (Å²) in [5, 5.41) is 9.58. The smallest absolute Gasteiger partial charge is 0.246 e. The Bertz CT molecular complexity index is 1340. The maximum absolute atomic E-state index is 12.8. The molecule has 2 atom stereocenters. The Morgan fingerprint density at radius 3 is 2.71 bits per heavy atom. The van der Waals surface area contributed by atoms with Crippen molar-refractivity contribution in [2.24, 2.45) is 0 Å². The number of hydrogen-bond donors (Lipinski definition) is 0. The van der Waals surface area contributed by atoms with Crippen LogP contribution in [0.1, 0.15) is 43.0 Å². The van der Waals surface area contributed by atoms with Crippen molar-refractivity contribution in [3.8, 4) is 6.07 Å². The fraction of sp³-hybridized carbons (Fsp3) is 0.562. The van der Waals surface area contributed by atoms with E-state index < -0.39 is 0 Å². The summed E-state index contributed by atoms with van der Waals surface area (Å²) in [7, 11) is 4.26. The van der Waals surface area contributed by atoms with Gasteiger partial charge in [0.2, 0.25) is 11.9 Å². The topological polar surface area (TPSA) is 82.8 Å². The lowest BCUT2D eigenvalue weighted by Gasteiger charge is -2.45. The molecule has 0 N–H and O–H groups in total. The molecule has 216 valence electrons. The van der Waals surface area contributed by atoms with Gasteiger partial charge in [-0.05, 0) is 64.4 Å². The fourth-order valence-electron chi connectivity index (χ4n) is 6.98. The first-order chi connectivity index (χ1) is 20.0. The molecule has 9 nitrogen and oxygen atoms in total. The average Bonchev–Trinajstić information content (AvgIpc) is 2.95. The van der Waals surface area contributed by atoms with Gasteiger partial charge in [-0.2, -0.15) is 10.2 Å². The number of anilines is 3. The van der Waals surface area contributed by atoms with E-state index in [1.165, 1.54) is 28.9 Å². The second-order valence-corrected chi connectivity index (χ2v) is 12.1. The number of amides is 1. The van der Waals surface area contributed by atoms with Gasteiger partial charge in [0.25, 0.3) is 0 Å². The number of hydrogen-bond acceptors (Lipinski definition) is 8. The van der Waals surface area contributed by atoms with E-state index in [-0.39, 0.29) is 11.9 Å². The zero-order valence-electron chi connectivity index (χ0n) is 24.7. The quantitative estimate of drug-likeness (QED) is 0.504. The van der Waals surface area contributed by atoms with Crippen LogP contribution in [0.4, 0.5) is 17.5 Å². The second-order valence-electron chi connectivity index (χ2n) is 12.1. The average molecular weight is 555 g/mol. The third-order valence-electron chi connectivity index (χ3n) is 9.38. The van der Waals surface area contributed by atoms with Crippen LogP contribution in [0, 0.1) is 11.3 Å². The van der Waals surface area contributed by atoms with Gasteiger partial charge < -0.3 is 24.5 Å². The third-order valence-corrected chi connectivity index (χ3v) is 9.38. The fourth-order valence-corrected chi connectivity index (χ4v) is 6.98. The van der Waals surface area contributed by atoms with Crippen LogP contribution in [0.3, 0.4) is 0 Å². The lowest BCUT2D eigenvalue weighted by Crippen LogP contribution is -2.58. The largest absolute Gasteiger partial charge is 0.368 e.